The van der Waals surface area contributed by atoms with Gasteiger partial charge in [-0.25, -0.2) is 9.97 Å². The SMILES string of the molecule is CNc1ccc2[nH]c(Cc3ccccc3CN)nc2n1. The summed E-state index contributed by atoms with van der Waals surface area (Å²) in [5, 5.41) is 3.01. The average Bonchev–Trinajstić information content (AvgIpc) is 2.89. The molecule has 3 rings (SSSR count). The summed E-state index contributed by atoms with van der Waals surface area (Å²) < 4.78 is 0. The van der Waals surface area contributed by atoms with Crippen LogP contribution in [-0.2, 0) is 13.0 Å². The van der Waals surface area contributed by atoms with Crippen molar-refractivity contribution in [3.63, 3.8) is 0 Å². The van der Waals surface area contributed by atoms with Crippen LogP contribution in [0.2, 0.25) is 0 Å². The zero-order valence-corrected chi connectivity index (χ0v) is 11.4. The van der Waals surface area contributed by atoms with Crippen molar-refractivity contribution in [2.45, 2.75) is 13.0 Å². The van der Waals surface area contributed by atoms with E-state index in [0.717, 1.165) is 34.8 Å². The molecule has 0 radical (unpaired) electrons. The number of nitrogens with two attached hydrogens (primary N) is 1. The molecule has 1 aromatic carbocycles. The van der Waals surface area contributed by atoms with Crippen molar-refractivity contribution in [2.75, 3.05) is 12.4 Å². The number of anilines is 1. The van der Waals surface area contributed by atoms with Crippen LogP contribution in [0.4, 0.5) is 5.82 Å². The summed E-state index contributed by atoms with van der Waals surface area (Å²) >= 11 is 0. The summed E-state index contributed by atoms with van der Waals surface area (Å²) in [6.45, 7) is 0.540. The first-order chi connectivity index (χ1) is 9.80. The molecule has 0 spiro atoms. The van der Waals surface area contributed by atoms with Crippen LogP contribution >= 0.6 is 0 Å². The number of nitrogens with zero attached hydrogens (tertiary/aromatic N) is 2. The Morgan fingerprint density at radius 3 is 2.65 bits per heavy atom. The van der Waals surface area contributed by atoms with Crippen LogP contribution in [0.3, 0.4) is 0 Å². The van der Waals surface area contributed by atoms with Gasteiger partial charge in [0.1, 0.15) is 11.6 Å². The summed E-state index contributed by atoms with van der Waals surface area (Å²) in [6, 6.07) is 12.1. The minimum absolute atomic E-state index is 0.540. The van der Waals surface area contributed by atoms with Gasteiger partial charge in [0.05, 0.1) is 5.52 Å². The Balaban J connectivity index is 1.94. The van der Waals surface area contributed by atoms with Crippen LogP contribution in [-0.4, -0.2) is 22.0 Å². The Kier molecular flexibility index (Phi) is 3.35. The van der Waals surface area contributed by atoms with Crippen LogP contribution in [0.5, 0.6) is 0 Å². The summed E-state index contributed by atoms with van der Waals surface area (Å²) in [7, 11) is 1.85. The molecule has 0 atom stereocenters. The number of hydrogen-bond donors (Lipinski definition) is 3. The normalized spacial score (nSPS) is 10.9. The molecule has 5 heteroatoms. The minimum atomic E-state index is 0.540. The van der Waals surface area contributed by atoms with Gasteiger partial charge in [0.25, 0.3) is 0 Å². The molecule has 0 amide bonds. The Labute approximate surface area is 117 Å². The van der Waals surface area contributed by atoms with Crippen LogP contribution in [0, 0.1) is 0 Å². The number of pyridine rings is 1. The van der Waals surface area contributed by atoms with E-state index in [9.17, 15) is 0 Å². The highest BCUT2D eigenvalue weighted by atomic mass is 15.0. The molecule has 102 valence electrons. The Bertz CT molecular complexity index is 732. The first-order valence-electron chi connectivity index (χ1n) is 6.60. The molecule has 0 aliphatic rings. The quantitative estimate of drug-likeness (QED) is 0.676. The summed E-state index contributed by atoms with van der Waals surface area (Å²) in [5.41, 5.74) is 9.79. The zero-order chi connectivity index (χ0) is 13.9. The molecule has 0 bridgehead atoms. The molecule has 5 nitrogen and oxygen atoms in total. The van der Waals surface area contributed by atoms with E-state index in [2.05, 4.69) is 32.4 Å². The number of benzene rings is 1. The van der Waals surface area contributed by atoms with Gasteiger partial charge in [-0.2, -0.15) is 0 Å². The van der Waals surface area contributed by atoms with Gasteiger partial charge in [0.2, 0.25) is 0 Å². The van der Waals surface area contributed by atoms with E-state index in [0.29, 0.717) is 6.54 Å². The molecule has 0 fully saturated rings. The number of H-pyrrole nitrogens is 1. The number of fused-ring (bicyclic) bond motifs is 1. The van der Waals surface area contributed by atoms with Crippen molar-refractivity contribution in [3.8, 4) is 0 Å². The van der Waals surface area contributed by atoms with Crippen molar-refractivity contribution in [1.29, 1.82) is 0 Å². The Morgan fingerprint density at radius 2 is 1.90 bits per heavy atom. The maximum atomic E-state index is 5.77. The van der Waals surface area contributed by atoms with E-state index in [1.54, 1.807) is 0 Å². The largest absolute Gasteiger partial charge is 0.373 e. The topological polar surface area (TPSA) is 79.6 Å². The second kappa shape index (κ2) is 5.30. The van der Waals surface area contributed by atoms with E-state index in [4.69, 9.17) is 5.73 Å². The van der Waals surface area contributed by atoms with E-state index in [-0.39, 0.29) is 0 Å². The van der Waals surface area contributed by atoms with Gasteiger partial charge in [-0.15, -0.1) is 0 Å². The third kappa shape index (κ3) is 2.35. The third-order valence-corrected chi connectivity index (χ3v) is 3.35. The van der Waals surface area contributed by atoms with Crippen molar-refractivity contribution < 1.29 is 0 Å². The van der Waals surface area contributed by atoms with Crippen molar-refractivity contribution in [2.24, 2.45) is 5.73 Å². The monoisotopic (exact) mass is 267 g/mol. The highest BCUT2D eigenvalue weighted by Gasteiger charge is 2.07. The molecule has 4 N–H and O–H groups in total. The average molecular weight is 267 g/mol. The Hall–Kier alpha value is -2.40. The van der Waals surface area contributed by atoms with E-state index < -0.39 is 0 Å². The van der Waals surface area contributed by atoms with Gasteiger partial charge in [-0.05, 0) is 23.3 Å². The molecule has 0 unspecified atom stereocenters. The number of aromatic nitrogens is 3. The maximum absolute atomic E-state index is 5.77. The van der Waals surface area contributed by atoms with Crippen molar-refractivity contribution in [1.82, 2.24) is 15.0 Å². The number of nitrogens with one attached hydrogen (secondary N) is 2. The van der Waals surface area contributed by atoms with Crippen molar-refractivity contribution >= 4 is 17.0 Å². The lowest BCUT2D eigenvalue weighted by Gasteiger charge is -2.04. The van der Waals surface area contributed by atoms with Gasteiger partial charge >= 0.3 is 0 Å². The smallest absolute Gasteiger partial charge is 0.179 e. The fraction of sp³-hybridized carbons (Fsp3) is 0.200. The van der Waals surface area contributed by atoms with Crippen molar-refractivity contribution in [3.05, 3.63) is 53.3 Å². The number of hydrogen-bond acceptors (Lipinski definition) is 4. The van der Waals surface area contributed by atoms with Gasteiger partial charge in [-0.1, -0.05) is 24.3 Å². The molecule has 0 saturated heterocycles. The zero-order valence-electron chi connectivity index (χ0n) is 11.4. The highest BCUT2D eigenvalue weighted by molar-refractivity contribution is 5.72. The molecule has 3 aromatic rings. The lowest BCUT2D eigenvalue weighted by Crippen LogP contribution is -2.02. The van der Waals surface area contributed by atoms with Crippen LogP contribution in [0.25, 0.3) is 11.2 Å². The van der Waals surface area contributed by atoms with Crippen LogP contribution in [0.15, 0.2) is 36.4 Å². The lowest BCUT2D eigenvalue weighted by atomic mass is 10.0. The molecular formula is C15H17N5. The molecular weight excluding hydrogens is 250 g/mol. The summed E-state index contributed by atoms with van der Waals surface area (Å²) in [6.07, 6.45) is 0.735. The fourth-order valence-corrected chi connectivity index (χ4v) is 2.27. The van der Waals surface area contributed by atoms with Gasteiger partial charge in [0.15, 0.2) is 5.65 Å². The Morgan fingerprint density at radius 1 is 1.10 bits per heavy atom. The standard InChI is InChI=1S/C15H17N5/c1-17-13-7-6-12-15(19-13)20-14(18-12)8-10-4-2-3-5-11(10)9-16/h2-7H,8-9,16H2,1H3,(H2,17,18,19,20). The molecule has 0 aliphatic heterocycles. The summed E-state index contributed by atoms with van der Waals surface area (Å²) in [4.78, 5) is 12.3. The predicted octanol–water partition coefficient (Wildman–Crippen LogP) is 2.05. The number of imidazole rings is 1. The van der Waals surface area contributed by atoms with Gasteiger partial charge in [0, 0.05) is 20.0 Å². The summed E-state index contributed by atoms with van der Waals surface area (Å²) in [5.74, 6) is 1.72. The third-order valence-electron chi connectivity index (χ3n) is 3.35. The second-order valence-electron chi connectivity index (χ2n) is 4.65. The predicted molar refractivity (Wildman–Crippen MR) is 80.6 cm³/mol. The lowest BCUT2D eigenvalue weighted by molar-refractivity contribution is 0.976. The van der Waals surface area contributed by atoms with Gasteiger partial charge in [-0.3, -0.25) is 0 Å². The molecule has 20 heavy (non-hydrogen) atoms. The van der Waals surface area contributed by atoms with Crippen LogP contribution in [0.1, 0.15) is 17.0 Å². The number of rotatable bonds is 4. The maximum Gasteiger partial charge on any atom is 0.179 e. The fourth-order valence-electron chi connectivity index (χ4n) is 2.27. The molecule has 2 aromatic heterocycles. The number of aromatic amines is 1. The van der Waals surface area contributed by atoms with Crippen LogP contribution < -0.4 is 11.1 Å². The minimum Gasteiger partial charge on any atom is -0.373 e. The van der Waals surface area contributed by atoms with E-state index >= 15 is 0 Å². The van der Waals surface area contributed by atoms with Gasteiger partial charge < -0.3 is 16.0 Å². The molecule has 0 saturated carbocycles. The first-order valence-corrected chi connectivity index (χ1v) is 6.60. The first kappa shape index (κ1) is 12.6. The van der Waals surface area contributed by atoms with E-state index in [1.807, 2.05) is 31.3 Å². The molecule has 0 aliphatic carbocycles. The highest BCUT2D eigenvalue weighted by Crippen LogP contribution is 2.16. The second-order valence-corrected chi connectivity index (χ2v) is 4.65. The molecule has 2 heterocycles. The van der Waals surface area contributed by atoms with E-state index in [1.165, 1.54) is 5.56 Å².